The fourth-order valence-corrected chi connectivity index (χ4v) is 2.05. The van der Waals surface area contributed by atoms with Gasteiger partial charge in [0.15, 0.2) is 5.78 Å². The van der Waals surface area contributed by atoms with Gasteiger partial charge in [0.2, 0.25) is 5.16 Å². The number of aromatic amines is 1. The van der Waals surface area contributed by atoms with Crippen molar-refractivity contribution in [3.8, 4) is 0 Å². The van der Waals surface area contributed by atoms with Crippen LogP contribution in [0, 0.1) is 0 Å². The van der Waals surface area contributed by atoms with Gasteiger partial charge in [-0.1, -0.05) is 42.1 Å². The lowest BCUT2D eigenvalue weighted by atomic mass is 10.1. The average Bonchev–Trinajstić information content (AvgIpc) is 2.88. The first-order chi connectivity index (χ1) is 8.36. The second-order valence-electron chi connectivity index (χ2n) is 3.44. The van der Waals surface area contributed by atoms with E-state index in [1.54, 1.807) is 0 Å². The Kier molecular flexibility index (Phi) is 4.26. The zero-order chi connectivity index (χ0) is 11.9. The van der Waals surface area contributed by atoms with Crippen LogP contribution in [0.5, 0.6) is 0 Å². The molecule has 0 unspecified atom stereocenters. The second-order valence-corrected chi connectivity index (χ2v) is 4.50. The van der Waals surface area contributed by atoms with Crippen LogP contribution in [-0.4, -0.2) is 32.2 Å². The normalized spacial score (nSPS) is 10.4. The maximum Gasteiger partial charge on any atom is 0.230 e. The number of rotatable bonds is 6. The van der Waals surface area contributed by atoms with Crippen molar-refractivity contribution in [2.45, 2.75) is 18.0 Å². The van der Waals surface area contributed by atoms with Crippen LogP contribution in [0.2, 0.25) is 0 Å². The number of carbonyl (C=O) groups excluding carboxylic acids is 1. The van der Waals surface area contributed by atoms with Gasteiger partial charge in [-0.3, -0.25) is 4.79 Å². The zero-order valence-corrected chi connectivity index (χ0v) is 9.98. The van der Waals surface area contributed by atoms with Gasteiger partial charge in [0.05, 0.1) is 0 Å². The average molecular weight is 248 g/mol. The van der Waals surface area contributed by atoms with E-state index in [0.29, 0.717) is 11.6 Å². The highest BCUT2D eigenvalue weighted by Gasteiger charge is 2.05. The second kappa shape index (κ2) is 6.15. The van der Waals surface area contributed by atoms with Gasteiger partial charge in [-0.05, 0) is 11.6 Å². The topological polar surface area (TPSA) is 71.5 Å². The lowest BCUT2D eigenvalue weighted by Crippen LogP contribution is -1.99. The van der Waals surface area contributed by atoms with Crippen LogP contribution in [0.25, 0.3) is 0 Å². The molecule has 17 heavy (non-hydrogen) atoms. The van der Waals surface area contributed by atoms with Crippen molar-refractivity contribution in [1.29, 1.82) is 0 Å². The molecule has 0 aliphatic heterocycles. The molecule has 1 aromatic carbocycles. The Labute approximate surface area is 103 Å². The number of tetrazole rings is 1. The first-order valence-corrected chi connectivity index (χ1v) is 6.29. The van der Waals surface area contributed by atoms with E-state index < -0.39 is 0 Å². The fraction of sp³-hybridized carbons (Fsp3) is 0.273. The summed E-state index contributed by atoms with van der Waals surface area (Å²) >= 11 is 1.50. The maximum atomic E-state index is 11.7. The van der Waals surface area contributed by atoms with Crippen LogP contribution in [0.4, 0.5) is 0 Å². The van der Waals surface area contributed by atoms with E-state index in [0.717, 1.165) is 17.7 Å². The standard InChI is InChI=1S/C11H12N4OS/c16-10(9-5-2-1-3-6-9)7-4-8-17-11-12-14-15-13-11/h1-3,5-6H,4,7-8H2,(H,12,13,14,15). The van der Waals surface area contributed by atoms with Crippen molar-refractivity contribution >= 4 is 17.5 Å². The monoisotopic (exact) mass is 248 g/mol. The predicted molar refractivity (Wildman–Crippen MR) is 64.9 cm³/mol. The number of hydrogen-bond donors (Lipinski definition) is 1. The van der Waals surface area contributed by atoms with Crippen LogP contribution < -0.4 is 0 Å². The first-order valence-electron chi connectivity index (χ1n) is 5.31. The van der Waals surface area contributed by atoms with Crippen molar-refractivity contribution in [2.24, 2.45) is 0 Å². The predicted octanol–water partition coefficient (Wildman–Crippen LogP) is 1.95. The van der Waals surface area contributed by atoms with Gasteiger partial charge in [-0.2, -0.15) is 5.21 Å². The molecule has 1 heterocycles. The summed E-state index contributed by atoms with van der Waals surface area (Å²) in [5.74, 6) is 0.997. The summed E-state index contributed by atoms with van der Waals surface area (Å²) in [5.41, 5.74) is 0.775. The lowest BCUT2D eigenvalue weighted by Gasteiger charge is -1.99. The highest BCUT2D eigenvalue weighted by atomic mass is 32.2. The molecule has 0 amide bonds. The van der Waals surface area contributed by atoms with Crippen LogP contribution >= 0.6 is 11.8 Å². The summed E-state index contributed by atoms with van der Waals surface area (Å²) in [6, 6.07) is 9.34. The quantitative estimate of drug-likeness (QED) is 0.480. The Morgan fingerprint density at radius 1 is 1.29 bits per heavy atom. The van der Waals surface area contributed by atoms with Crippen LogP contribution in [0.3, 0.4) is 0 Å². The van der Waals surface area contributed by atoms with Crippen molar-refractivity contribution in [3.05, 3.63) is 35.9 Å². The Bertz CT molecular complexity index is 458. The zero-order valence-electron chi connectivity index (χ0n) is 9.17. The minimum atomic E-state index is 0.180. The van der Waals surface area contributed by atoms with Crippen LogP contribution in [0.15, 0.2) is 35.5 Å². The van der Waals surface area contributed by atoms with E-state index >= 15 is 0 Å². The molecule has 1 N–H and O–H groups in total. The van der Waals surface area contributed by atoms with E-state index in [-0.39, 0.29) is 5.78 Å². The molecule has 0 spiro atoms. The lowest BCUT2D eigenvalue weighted by molar-refractivity contribution is 0.0982. The number of aromatic nitrogens is 4. The van der Waals surface area contributed by atoms with Gasteiger partial charge >= 0.3 is 0 Å². The molecule has 88 valence electrons. The fourth-order valence-electron chi connectivity index (χ4n) is 1.38. The third-order valence-electron chi connectivity index (χ3n) is 2.20. The molecule has 0 aliphatic rings. The van der Waals surface area contributed by atoms with Gasteiger partial charge in [-0.25, -0.2) is 0 Å². The summed E-state index contributed by atoms with van der Waals surface area (Å²) in [6.45, 7) is 0. The molecule has 6 heteroatoms. The summed E-state index contributed by atoms with van der Waals surface area (Å²) in [7, 11) is 0. The Morgan fingerprint density at radius 3 is 2.82 bits per heavy atom. The first kappa shape index (κ1) is 11.8. The summed E-state index contributed by atoms with van der Waals surface area (Å²) in [5, 5.41) is 14.1. The van der Waals surface area contributed by atoms with Crippen molar-refractivity contribution in [1.82, 2.24) is 20.6 Å². The third kappa shape index (κ3) is 3.67. The van der Waals surface area contributed by atoms with Crippen molar-refractivity contribution < 1.29 is 4.79 Å². The molecule has 2 rings (SSSR count). The third-order valence-corrected chi connectivity index (χ3v) is 3.12. The SMILES string of the molecule is O=C(CCCSc1nn[nH]n1)c1ccccc1. The van der Waals surface area contributed by atoms with E-state index in [2.05, 4.69) is 20.6 Å². The van der Waals surface area contributed by atoms with Crippen LogP contribution in [0.1, 0.15) is 23.2 Å². The smallest absolute Gasteiger partial charge is 0.230 e. The summed E-state index contributed by atoms with van der Waals surface area (Å²) in [6.07, 6.45) is 1.36. The largest absolute Gasteiger partial charge is 0.294 e. The number of carbonyl (C=O) groups is 1. The number of Topliss-reactive ketones (excluding diaryl/α,β-unsaturated/α-hetero) is 1. The van der Waals surface area contributed by atoms with Gasteiger partial charge in [0, 0.05) is 17.7 Å². The number of nitrogens with zero attached hydrogens (tertiary/aromatic N) is 3. The van der Waals surface area contributed by atoms with E-state index in [4.69, 9.17) is 0 Å². The van der Waals surface area contributed by atoms with Crippen molar-refractivity contribution in [3.63, 3.8) is 0 Å². The molecule has 2 aromatic rings. The van der Waals surface area contributed by atoms with E-state index in [1.807, 2.05) is 30.3 Å². The Hall–Kier alpha value is -1.69. The molecular weight excluding hydrogens is 236 g/mol. The minimum absolute atomic E-state index is 0.180. The van der Waals surface area contributed by atoms with Gasteiger partial charge in [0.1, 0.15) is 0 Å². The van der Waals surface area contributed by atoms with E-state index in [9.17, 15) is 4.79 Å². The molecule has 1 aromatic heterocycles. The Balaban J connectivity index is 1.70. The molecule has 5 nitrogen and oxygen atoms in total. The molecular formula is C11H12N4OS. The van der Waals surface area contributed by atoms with Gasteiger partial charge < -0.3 is 0 Å². The maximum absolute atomic E-state index is 11.7. The molecule has 0 bridgehead atoms. The molecule has 0 atom stereocenters. The molecule has 0 saturated carbocycles. The number of ketones is 1. The molecule has 0 saturated heterocycles. The highest BCUT2D eigenvalue weighted by molar-refractivity contribution is 7.99. The summed E-state index contributed by atoms with van der Waals surface area (Å²) < 4.78 is 0. The van der Waals surface area contributed by atoms with Gasteiger partial charge in [-0.15, -0.1) is 10.2 Å². The van der Waals surface area contributed by atoms with Crippen LogP contribution in [-0.2, 0) is 0 Å². The molecule has 0 aliphatic carbocycles. The number of benzene rings is 1. The Morgan fingerprint density at radius 2 is 2.12 bits per heavy atom. The number of hydrogen-bond acceptors (Lipinski definition) is 5. The van der Waals surface area contributed by atoms with E-state index in [1.165, 1.54) is 11.8 Å². The minimum Gasteiger partial charge on any atom is -0.294 e. The highest BCUT2D eigenvalue weighted by Crippen LogP contribution is 2.13. The number of nitrogens with one attached hydrogen (secondary N) is 1. The molecule has 0 fully saturated rings. The molecule has 0 radical (unpaired) electrons. The van der Waals surface area contributed by atoms with Crippen molar-refractivity contribution in [2.75, 3.05) is 5.75 Å². The number of thioether (sulfide) groups is 1. The van der Waals surface area contributed by atoms with Gasteiger partial charge in [0.25, 0.3) is 0 Å². The summed E-state index contributed by atoms with van der Waals surface area (Å²) in [4.78, 5) is 11.7. The number of H-pyrrole nitrogens is 1.